The van der Waals surface area contributed by atoms with Gasteiger partial charge in [0.25, 0.3) is 5.69 Å². The molecule has 0 spiro atoms. The molecule has 1 atom stereocenters. The molecule has 1 N–H and O–H groups in total. The maximum absolute atomic E-state index is 11.5. The highest BCUT2D eigenvalue weighted by molar-refractivity contribution is 5.78. The van der Waals surface area contributed by atoms with Gasteiger partial charge in [-0.15, -0.1) is 0 Å². The highest BCUT2D eigenvalue weighted by atomic mass is 16.6. The first-order valence-electron chi connectivity index (χ1n) is 6.65. The van der Waals surface area contributed by atoms with Crippen molar-refractivity contribution in [2.75, 3.05) is 6.54 Å². The van der Waals surface area contributed by atoms with E-state index in [1.807, 2.05) is 4.90 Å². The van der Waals surface area contributed by atoms with Gasteiger partial charge in [0.1, 0.15) is 5.54 Å². The van der Waals surface area contributed by atoms with Crippen LogP contribution in [0.4, 0.5) is 5.69 Å². The summed E-state index contributed by atoms with van der Waals surface area (Å²) in [6.45, 7) is 2.85. The zero-order chi connectivity index (χ0) is 14.8. The summed E-state index contributed by atoms with van der Waals surface area (Å²) in [4.78, 5) is 23.7. The first-order valence-corrected chi connectivity index (χ1v) is 6.65. The van der Waals surface area contributed by atoms with Crippen molar-refractivity contribution in [1.82, 2.24) is 4.90 Å². The van der Waals surface area contributed by atoms with Crippen LogP contribution in [0.1, 0.15) is 31.7 Å². The van der Waals surface area contributed by atoms with E-state index in [-0.39, 0.29) is 5.69 Å². The van der Waals surface area contributed by atoms with E-state index in [0.717, 1.165) is 18.4 Å². The smallest absolute Gasteiger partial charge is 0.323 e. The van der Waals surface area contributed by atoms with Gasteiger partial charge in [0, 0.05) is 18.7 Å². The highest BCUT2D eigenvalue weighted by Gasteiger charge is 2.41. The van der Waals surface area contributed by atoms with E-state index in [9.17, 15) is 20.0 Å². The molecule has 1 aliphatic rings. The molecule has 6 heteroatoms. The number of aliphatic carboxylic acids is 1. The highest BCUT2D eigenvalue weighted by Crippen LogP contribution is 2.30. The van der Waals surface area contributed by atoms with Crippen LogP contribution in [0.15, 0.2) is 24.3 Å². The molecule has 20 heavy (non-hydrogen) atoms. The third-order valence-electron chi connectivity index (χ3n) is 4.00. The fraction of sp³-hybridized carbons (Fsp3) is 0.500. The van der Waals surface area contributed by atoms with Crippen molar-refractivity contribution in [3.63, 3.8) is 0 Å². The van der Waals surface area contributed by atoms with Crippen LogP contribution in [0, 0.1) is 10.1 Å². The molecule has 0 radical (unpaired) electrons. The molecule has 0 aromatic heterocycles. The van der Waals surface area contributed by atoms with Gasteiger partial charge < -0.3 is 5.11 Å². The zero-order valence-electron chi connectivity index (χ0n) is 11.4. The standard InChI is InChI=1S/C14H18N2O4/c1-14(13(17)18)7-2-3-8-15(14)10-11-5-4-6-12(9-11)16(19)20/h4-6,9H,2-3,7-8,10H2,1H3,(H,17,18). The minimum atomic E-state index is -0.886. The van der Waals surface area contributed by atoms with Crippen LogP contribution in [-0.2, 0) is 11.3 Å². The van der Waals surface area contributed by atoms with Crippen LogP contribution in [-0.4, -0.2) is 33.0 Å². The Kier molecular flexibility index (Phi) is 4.04. The summed E-state index contributed by atoms with van der Waals surface area (Å²) in [7, 11) is 0. The molecule has 0 amide bonds. The summed E-state index contributed by atoms with van der Waals surface area (Å²) < 4.78 is 0. The van der Waals surface area contributed by atoms with E-state index >= 15 is 0 Å². The Morgan fingerprint density at radius 3 is 2.90 bits per heavy atom. The number of likely N-dealkylation sites (tertiary alicyclic amines) is 1. The molecule has 6 nitrogen and oxygen atoms in total. The third-order valence-corrected chi connectivity index (χ3v) is 4.00. The molecular formula is C14H18N2O4. The Morgan fingerprint density at radius 2 is 2.25 bits per heavy atom. The first-order chi connectivity index (χ1) is 9.43. The molecule has 1 heterocycles. The fourth-order valence-corrected chi connectivity index (χ4v) is 2.66. The van der Waals surface area contributed by atoms with Crippen molar-refractivity contribution in [2.24, 2.45) is 0 Å². The lowest BCUT2D eigenvalue weighted by Crippen LogP contribution is -2.54. The summed E-state index contributed by atoms with van der Waals surface area (Å²) in [5.41, 5.74) is -0.0758. The summed E-state index contributed by atoms with van der Waals surface area (Å²) in [5.74, 6) is -0.831. The van der Waals surface area contributed by atoms with Crippen molar-refractivity contribution in [1.29, 1.82) is 0 Å². The number of non-ortho nitro benzene ring substituents is 1. The van der Waals surface area contributed by atoms with E-state index in [1.165, 1.54) is 12.1 Å². The SMILES string of the molecule is CC1(C(=O)O)CCCCN1Cc1cccc([N+](=O)[O-])c1. The van der Waals surface area contributed by atoms with E-state index in [4.69, 9.17) is 0 Å². The van der Waals surface area contributed by atoms with Gasteiger partial charge in [-0.25, -0.2) is 0 Å². The monoisotopic (exact) mass is 278 g/mol. The van der Waals surface area contributed by atoms with Crippen LogP contribution in [0.3, 0.4) is 0 Å². The number of benzene rings is 1. The number of carbonyl (C=O) groups is 1. The molecule has 1 aromatic rings. The third kappa shape index (κ3) is 2.80. The quantitative estimate of drug-likeness (QED) is 0.675. The maximum Gasteiger partial charge on any atom is 0.323 e. The minimum absolute atomic E-state index is 0.0385. The first kappa shape index (κ1) is 14.5. The maximum atomic E-state index is 11.5. The van der Waals surface area contributed by atoms with Crippen molar-refractivity contribution in [2.45, 2.75) is 38.3 Å². The van der Waals surface area contributed by atoms with E-state index < -0.39 is 16.4 Å². The van der Waals surface area contributed by atoms with E-state index in [1.54, 1.807) is 19.1 Å². The molecule has 1 saturated heterocycles. The molecule has 1 unspecified atom stereocenters. The molecule has 2 rings (SSSR count). The Bertz CT molecular complexity index is 532. The average molecular weight is 278 g/mol. The Morgan fingerprint density at radius 1 is 1.50 bits per heavy atom. The van der Waals surface area contributed by atoms with Gasteiger partial charge in [-0.2, -0.15) is 0 Å². The Balaban J connectivity index is 2.21. The normalized spacial score (nSPS) is 23.4. The topological polar surface area (TPSA) is 83.7 Å². The van der Waals surface area contributed by atoms with Crippen molar-refractivity contribution >= 4 is 11.7 Å². The average Bonchev–Trinajstić information content (AvgIpc) is 2.41. The number of hydrogen-bond acceptors (Lipinski definition) is 4. The van der Waals surface area contributed by atoms with Gasteiger partial charge in [-0.1, -0.05) is 12.1 Å². The van der Waals surface area contributed by atoms with E-state index in [0.29, 0.717) is 19.5 Å². The number of nitro benzene ring substituents is 1. The van der Waals surface area contributed by atoms with Gasteiger partial charge in [-0.3, -0.25) is 19.8 Å². The molecule has 108 valence electrons. The van der Waals surface area contributed by atoms with Gasteiger partial charge in [0.05, 0.1) is 4.92 Å². The zero-order valence-corrected chi connectivity index (χ0v) is 11.4. The second kappa shape index (κ2) is 5.58. The Labute approximate surface area is 117 Å². The number of nitro groups is 1. The summed E-state index contributed by atoms with van der Waals surface area (Å²) in [6.07, 6.45) is 2.46. The lowest BCUT2D eigenvalue weighted by atomic mass is 9.88. The summed E-state index contributed by atoms with van der Waals surface area (Å²) >= 11 is 0. The molecule has 1 fully saturated rings. The Hall–Kier alpha value is -1.95. The lowest BCUT2D eigenvalue weighted by molar-refractivity contribution is -0.384. The number of piperidine rings is 1. The number of nitrogens with zero attached hydrogens (tertiary/aromatic N) is 2. The van der Waals surface area contributed by atoms with Crippen LogP contribution < -0.4 is 0 Å². The number of hydrogen-bond donors (Lipinski definition) is 1. The lowest BCUT2D eigenvalue weighted by Gasteiger charge is -2.41. The summed E-state index contributed by atoms with van der Waals surface area (Å²) in [6, 6.07) is 6.38. The van der Waals surface area contributed by atoms with Gasteiger partial charge in [0.15, 0.2) is 0 Å². The van der Waals surface area contributed by atoms with Crippen molar-refractivity contribution < 1.29 is 14.8 Å². The summed E-state index contributed by atoms with van der Waals surface area (Å²) in [5, 5.41) is 20.2. The predicted octanol–water partition coefficient (Wildman–Crippen LogP) is 2.42. The van der Waals surface area contributed by atoms with E-state index in [2.05, 4.69) is 0 Å². The van der Waals surface area contributed by atoms with Crippen LogP contribution in [0.5, 0.6) is 0 Å². The molecule has 1 aromatic carbocycles. The molecule has 0 aliphatic carbocycles. The minimum Gasteiger partial charge on any atom is -0.480 e. The number of carboxylic acids is 1. The fourth-order valence-electron chi connectivity index (χ4n) is 2.66. The van der Waals surface area contributed by atoms with Gasteiger partial charge in [0.2, 0.25) is 0 Å². The predicted molar refractivity (Wildman–Crippen MR) is 73.4 cm³/mol. The van der Waals surface area contributed by atoms with Crippen molar-refractivity contribution in [3.8, 4) is 0 Å². The van der Waals surface area contributed by atoms with Crippen LogP contribution in [0.2, 0.25) is 0 Å². The number of carboxylic acid groups (broad SMARTS) is 1. The van der Waals surface area contributed by atoms with Crippen molar-refractivity contribution in [3.05, 3.63) is 39.9 Å². The largest absolute Gasteiger partial charge is 0.480 e. The van der Waals surface area contributed by atoms with Crippen LogP contribution >= 0.6 is 0 Å². The number of rotatable bonds is 4. The molecule has 0 bridgehead atoms. The molecule has 1 aliphatic heterocycles. The van der Waals surface area contributed by atoms with Gasteiger partial charge >= 0.3 is 5.97 Å². The van der Waals surface area contributed by atoms with Gasteiger partial charge in [-0.05, 0) is 38.3 Å². The second-order valence-electron chi connectivity index (χ2n) is 5.38. The molecular weight excluding hydrogens is 260 g/mol. The van der Waals surface area contributed by atoms with Crippen LogP contribution in [0.25, 0.3) is 0 Å². The molecule has 0 saturated carbocycles. The second-order valence-corrected chi connectivity index (χ2v) is 5.38.